The number of pyridine rings is 1. The van der Waals surface area contributed by atoms with Crippen molar-refractivity contribution in [3.8, 4) is 22.9 Å². The fraction of sp³-hybridized carbons (Fsp3) is 0.0870. The van der Waals surface area contributed by atoms with Crippen molar-refractivity contribution in [1.82, 2.24) is 10.1 Å². The Morgan fingerprint density at radius 1 is 1.00 bits per heavy atom. The molecular weight excluding hydrogens is 368 g/mol. The van der Waals surface area contributed by atoms with Crippen molar-refractivity contribution >= 4 is 5.97 Å². The lowest BCUT2D eigenvalue weighted by Gasteiger charge is -2.05. The van der Waals surface area contributed by atoms with E-state index in [0.29, 0.717) is 28.6 Å². The van der Waals surface area contributed by atoms with E-state index in [1.54, 1.807) is 18.2 Å². The summed E-state index contributed by atoms with van der Waals surface area (Å²) < 4.78 is 16.2. The summed E-state index contributed by atoms with van der Waals surface area (Å²) >= 11 is 0. The number of rotatable bonds is 6. The Balaban J connectivity index is 1.34. The molecule has 0 aliphatic heterocycles. The molecule has 0 radical (unpaired) electrons. The molecule has 6 heteroatoms. The lowest BCUT2D eigenvalue weighted by Crippen LogP contribution is -2.05. The van der Waals surface area contributed by atoms with E-state index in [4.69, 9.17) is 14.0 Å². The van der Waals surface area contributed by atoms with Crippen LogP contribution in [0.5, 0.6) is 11.6 Å². The smallest absolute Gasteiger partial charge is 0.340 e. The average molecular weight is 386 g/mol. The van der Waals surface area contributed by atoms with Gasteiger partial charge in [-0.05, 0) is 25.1 Å². The summed E-state index contributed by atoms with van der Waals surface area (Å²) in [7, 11) is 0. The minimum absolute atomic E-state index is 0.0139. The third-order valence-corrected chi connectivity index (χ3v) is 4.19. The highest BCUT2D eigenvalue weighted by Gasteiger charge is 2.12. The maximum absolute atomic E-state index is 12.2. The number of benzene rings is 2. The molecule has 0 saturated carbocycles. The summed E-state index contributed by atoms with van der Waals surface area (Å²) in [6.45, 7) is 2.01. The first-order chi connectivity index (χ1) is 14.2. The van der Waals surface area contributed by atoms with Crippen LogP contribution < -0.4 is 4.74 Å². The van der Waals surface area contributed by atoms with Gasteiger partial charge in [0.2, 0.25) is 5.88 Å². The molecule has 0 fully saturated rings. The van der Waals surface area contributed by atoms with Crippen LogP contribution in [0.3, 0.4) is 0 Å². The van der Waals surface area contributed by atoms with Gasteiger partial charge < -0.3 is 14.0 Å². The highest BCUT2D eigenvalue weighted by molar-refractivity contribution is 5.89. The van der Waals surface area contributed by atoms with Gasteiger partial charge in [-0.2, -0.15) is 0 Å². The topological polar surface area (TPSA) is 74.5 Å². The van der Waals surface area contributed by atoms with E-state index in [-0.39, 0.29) is 6.61 Å². The number of carbonyl (C=O) groups is 1. The number of aryl methyl sites for hydroxylation is 1. The zero-order valence-corrected chi connectivity index (χ0v) is 15.7. The highest BCUT2D eigenvalue weighted by Crippen LogP contribution is 2.21. The summed E-state index contributed by atoms with van der Waals surface area (Å²) in [6, 6.07) is 22.2. The summed E-state index contributed by atoms with van der Waals surface area (Å²) in [4.78, 5) is 16.4. The Morgan fingerprint density at radius 3 is 2.52 bits per heavy atom. The molecule has 4 aromatic rings. The number of aromatic nitrogens is 2. The number of esters is 1. The predicted octanol–water partition coefficient (Wildman–Crippen LogP) is 5.19. The number of hydrogen-bond acceptors (Lipinski definition) is 6. The van der Waals surface area contributed by atoms with E-state index in [9.17, 15) is 4.79 Å². The third kappa shape index (κ3) is 4.68. The largest absolute Gasteiger partial charge is 0.454 e. The summed E-state index contributed by atoms with van der Waals surface area (Å²) in [6.07, 6.45) is 1.42. The van der Waals surface area contributed by atoms with Gasteiger partial charge in [0.25, 0.3) is 0 Å². The van der Waals surface area contributed by atoms with Gasteiger partial charge in [0.15, 0.2) is 12.4 Å². The molecule has 0 aliphatic carbocycles. The SMILES string of the molecule is Cc1ccc(-c2cc(COC(=O)c3ccc(Oc4ccccc4)nc3)on2)cc1. The van der Waals surface area contributed by atoms with Crippen LogP contribution in [0.15, 0.2) is 83.5 Å². The highest BCUT2D eigenvalue weighted by atomic mass is 16.5. The predicted molar refractivity (Wildman–Crippen MR) is 107 cm³/mol. The van der Waals surface area contributed by atoms with E-state index in [2.05, 4.69) is 10.1 Å². The number of ether oxygens (including phenoxy) is 2. The molecule has 29 heavy (non-hydrogen) atoms. The number of para-hydroxylation sites is 1. The fourth-order valence-electron chi connectivity index (χ4n) is 2.63. The summed E-state index contributed by atoms with van der Waals surface area (Å²) in [5.74, 6) is 1.03. The average Bonchev–Trinajstić information content (AvgIpc) is 3.23. The van der Waals surface area contributed by atoms with Gasteiger partial charge in [-0.25, -0.2) is 9.78 Å². The molecule has 4 rings (SSSR count). The molecule has 0 bridgehead atoms. The molecule has 6 nitrogen and oxygen atoms in total. The van der Waals surface area contributed by atoms with Crippen molar-refractivity contribution in [3.63, 3.8) is 0 Å². The quantitative estimate of drug-likeness (QED) is 0.424. The van der Waals surface area contributed by atoms with Crippen molar-refractivity contribution in [1.29, 1.82) is 0 Å². The second-order valence-electron chi connectivity index (χ2n) is 6.42. The molecule has 144 valence electrons. The standard InChI is InChI=1S/C23H18N2O4/c1-16-7-9-17(10-8-16)21-13-20(29-25-21)15-27-23(26)18-11-12-22(24-14-18)28-19-5-3-2-4-6-19/h2-14H,15H2,1H3. The van der Waals surface area contributed by atoms with Gasteiger partial charge in [-0.15, -0.1) is 0 Å². The second-order valence-corrected chi connectivity index (χ2v) is 6.42. The van der Waals surface area contributed by atoms with Gasteiger partial charge in [-0.1, -0.05) is 53.2 Å². The molecule has 0 unspecified atom stereocenters. The normalized spacial score (nSPS) is 10.5. The van der Waals surface area contributed by atoms with Crippen LogP contribution >= 0.6 is 0 Å². The third-order valence-electron chi connectivity index (χ3n) is 4.19. The monoisotopic (exact) mass is 386 g/mol. The van der Waals surface area contributed by atoms with Crippen LogP contribution in [0.1, 0.15) is 21.7 Å². The molecule has 0 N–H and O–H groups in total. The van der Waals surface area contributed by atoms with Gasteiger partial charge in [0.1, 0.15) is 11.4 Å². The van der Waals surface area contributed by atoms with Crippen molar-refractivity contribution in [2.45, 2.75) is 13.5 Å². The zero-order valence-electron chi connectivity index (χ0n) is 15.7. The molecule has 0 amide bonds. The first kappa shape index (κ1) is 18.4. The lowest BCUT2D eigenvalue weighted by molar-refractivity contribution is 0.0437. The minimum Gasteiger partial charge on any atom is -0.454 e. The van der Waals surface area contributed by atoms with Gasteiger partial charge in [-0.3, -0.25) is 0 Å². The molecule has 0 aliphatic rings. The van der Waals surface area contributed by atoms with Crippen molar-refractivity contribution in [2.24, 2.45) is 0 Å². The van der Waals surface area contributed by atoms with E-state index >= 15 is 0 Å². The van der Waals surface area contributed by atoms with Gasteiger partial charge >= 0.3 is 5.97 Å². The number of hydrogen-bond donors (Lipinski definition) is 0. The first-order valence-electron chi connectivity index (χ1n) is 9.06. The van der Waals surface area contributed by atoms with Crippen LogP contribution in [0.25, 0.3) is 11.3 Å². The molecule has 0 atom stereocenters. The zero-order chi connectivity index (χ0) is 20.1. The number of nitrogens with zero attached hydrogens (tertiary/aromatic N) is 2. The Kier molecular flexibility index (Phi) is 5.33. The minimum atomic E-state index is -0.503. The molecule has 2 aromatic carbocycles. The van der Waals surface area contributed by atoms with E-state index in [1.165, 1.54) is 11.8 Å². The second kappa shape index (κ2) is 8.39. The summed E-state index contributed by atoms with van der Waals surface area (Å²) in [5, 5.41) is 4.02. The maximum Gasteiger partial charge on any atom is 0.340 e. The summed E-state index contributed by atoms with van der Waals surface area (Å²) in [5.41, 5.74) is 3.12. The van der Waals surface area contributed by atoms with E-state index in [0.717, 1.165) is 5.56 Å². The first-order valence-corrected chi connectivity index (χ1v) is 9.06. The van der Waals surface area contributed by atoms with E-state index < -0.39 is 5.97 Å². The van der Waals surface area contributed by atoms with Crippen LogP contribution in [0.4, 0.5) is 0 Å². The van der Waals surface area contributed by atoms with E-state index in [1.807, 2.05) is 61.5 Å². The van der Waals surface area contributed by atoms with Gasteiger partial charge in [0, 0.05) is 23.9 Å². The molecule has 0 saturated heterocycles. The molecule has 2 heterocycles. The maximum atomic E-state index is 12.2. The van der Waals surface area contributed by atoms with Crippen LogP contribution in [0, 0.1) is 6.92 Å². The molecular formula is C23H18N2O4. The Labute approximate surface area is 167 Å². The van der Waals surface area contributed by atoms with Gasteiger partial charge in [0.05, 0.1) is 5.56 Å². The molecule has 0 spiro atoms. The Bertz CT molecular complexity index is 1090. The van der Waals surface area contributed by atoms with Crippen LogP contribution in [0.2, 0.25) is 0 Å². The fourth-order valence-corrected chi connectivity index (χ4v) is 2.63. The Hall–Kier alpha value is -3.93. The lowest BCUT2D eigenvalue weighted by atomic mass is 10.1. The number of carbonyl (C=O) groups excluding carboxylic acids is 1. The van der Waals surface area contributed by atoms with Crippen molar-refractivity contribution in [3.05, 3.63) is 95.9 Å². The van der Waals surface area contributed by atoms with Crippen molar-refractivity contribution < 1.29 is 18.8 Å². The van der Waals surface area contributed by atoms with Crippen LogP contribution in [-0.2, 0) is 11.3 Å². The van der Waals surface area contributed by atoms with Crippen molar-refractivity contribution in [2.75, 3.05) is 0 Å². The molecule has 2 aromatic heterocycles. The Morgan fingerprint density at radius 2 is 1.79 bits per heavy atom. The van der Waals surface area contributed by atoms with Crippen LogP contribution in [-0.4, -0.2) is 16.1 Å².